The van der Waals surface area contributed by atoms with Gasteiger partial charge in [-0.15, -0.1) is 0 Å². The number of nitrogens with zero attached hydrogens (tertiary/aromatic N) is 1. The Labute approximate surface area is 159 Å². The number of carboxylic acids is 1. The fraction of sp³-hybridized carbons (Fsp3) is 0.429. The molecule has 0 bridgehead atoms. The third kappa shape index (κ3) is 4.77. The molecule has 0 aliphatic carbocycles. The van der Waals surface area contributed by atoms with Gasteiger partial charge in [0, 0.05) is 19.1 Å². The first kappa shape index (κ1) is 19.2. The van der Waals surface area contributed by atoms with Gasteiger partial charge in [0.15, 0.2) is 0 Å². The highest BCUT2D eigenvalue weighted by Crippen LogP contribution is 2.28. The van der Waals surface area contributed by atoms with Gasteiger partial charge in [0.25, 0.3) is 0 Å². The molecule has 1 fully saturated rings. The van der Waals surface area contributed by atoms with Crippen molar-refractivity contribution in [3.8, 4) is 0 Å². The first-order valence-electron chi connectivity index (χ1n) is 9.18. The number of carbonyl (C=O) groups excluding carboxylic acids is 1. The fourth-order valence-corrected chi connectivity index (χ4v) is 3.50. The molecule has 0 radical (unpaired) electrons. The molecule has 0 saturated carbocycles. The monoisotopic (exact) mass is 370 g/mol. The molecule has 6 heteroatoms. The van der Waals surface area contributed by atoms with Crippen LogP contribution in [-0.2, 0) is 9.53 Å². The Balaban J connectivity index is 1.72. The number of carbonyl (C=O) groups is 2. The molecule has 2 N–H and O–H groups in total. The van der Waals surface area contributed by atoms with Gasteiger partial charge in [0.05, 0.1) is 0 Å². The van der Waals surface area contributed by atoms with Crippen LogP contribution in [0.1, 0.15) is 38.8 Å². The fourth-order valence-electron chi connectivity index (χ4n) is 3.50. The van der Waals surface area contributed by atoms with Crippen molar-refractivity contribution in [2.75, 3.05) is 13.1 Å². The van der Waals surface area contributed by atoms with E-state index in [4.69, 9.17) is 4.74 Å². The second kappa shape index (κ2) is 7.56. The lowest BCUT2D eigenvalue weighted by atomic mass is 10.0. The van der Waals surface area contributed by atoms with Crippen molar-refractivity contribution in [1.82, 2.24) is 10.2 Å². The van der Waals surface area contributed by atoms with E-state index >= 15 is 0 Å². The van der Waals surface area contributed by atoms with Gasteiger partial charge in [-0.05, 0) is 49.6 Å². The number of alkyl carbamates (subject to hydrolysis) is 1. The summed E-state index contributed by atoms with van der Waals surface area (Å²) in [5.41, 5.74) is 0.191. The van der Waals surface area contributed by atoms with Gasteiger partial charge in [-0.1, -0.05) is 36.4 Å². The van der Waals surface area contributed by atoms with Crippen molar-refractivity contribution in [3.05, 3.63) is 48.0 Å². The van der Waals surface area contributed by atoms with Gasteiger partial charge >= 0.3 is 12.1 Å². The van der Waals surface area contributed by atoms with Gasteiger partial charge in [0.2, 0.25) is 0 Å². The molecule has 1 saturated heterocycles. The van der Waals surface area contributed by atoms with Crippen LogP contribution in [0.25, 0.3) is 10.8 Å². The quantitative estimate of drug-likeness (QED) is 0.860. The molecule has 1 amide bonds. The Morgan fingerprint density at radius 3 is 2.56 bits per heavy atom. The number of likely N-dealkylation sites (tertiary alicyclic amines) is 1. The lowest BCUT2D eigenvalue weighted by Gasteiger charge is -2.25. The van der Waals surface area contributed by atoms with E-state index < -0.39 is 23.7 Å². The summed E-state index contributed by atoms with van der Waals surface area (Å²) in [7, 11) is 0. The van der Waals surface area contributed by atoms with Crippen LogP contribution in [0.15, 0.2) is 42.5 Å². The van der Waals surface area contributed by atoms with Crippen LogP contribution < -0.4 is 5.32 Å². The zero-order chi connectivity index (χ0) is 19.6. The molecule has 0 spiro atoms. The summed E-state index contributed by atoms with van der Waals surface area (Å²) in [5.74, 6) is -0.886. The summed E-state index contributed by atoms with van der Waals surface area (Å²) in [6, 6.07) is 12.8. The highest BCUT2D eigenvalue weighted by atomic mass is 16.6. The molecule has 3 rings (SSSR count). The number of aliphatic carboxylic acids is 1. The van der Waals surface area contributed by atoms with Crippen LogP contribution >= 0.6 is 0 Å². The topological polar surface area (TPSA) is 78.9 Å². The second-order valence-corrected chi connectivity index (χ2v) is 7.97. The Morgan fingerprint density at radius 1 is 1.19 bits per heavy atom. The Morgan fingerprint density at radius 2 is 1.89 bits per heavy atom. The third-order valence-electron chi connectivity index (χ3n) is 4.63. The minimum atomic E-state index is -0.886. The van der Waals surface area contributed by atoms with E-state index in [9.17, 15) is 14.7 Å². The van der Waals surface area contributed by atoms with Gasteiger partial charge in [-0.3, -0.25) is 9.69 Å². The SMILES string of the molecule is CC(C)(C)OC(=O)N[C@@H]1CCN([C@H](C(=O)O)c2ccc3ccccc3c2)C1. The van der Waals surface area contributed by atoms with Crippen LogP contribution in [-0.4, -0.2) is 46.8 Å². The van der Waals surface area contributed by atoms with Crippen molar-refractivity contribution in [2.45, 2.75) is 44.9 Å². The maximum atomic E-state index is 12.0. The number of benzene rings is 2. The number of amides is 1. The van der Waals surface area contributed by atoms with Crippen LogP contribution in [0, 0.1) is 0 Å². The van der Waals surface area contributed by atoms with Crippen LogP contribution in [0.4, 0.5) is 4.79 Å². The lowest BCUT2D eigenvalue weighted by molar-refractivity contribution is -0.143. The highest BCUT2D eigenvalue weighted by Gasteiger charge is 2.34. The van der Waals surface area contributed by atoms with Crippen molar-refractivity contribution < 1.29 is 19.4 Å². The number of fused-ring (bicyclic) bond motifs is 1. The summed E-state index contributed by atoms with van der Waals surface area (Å²) < 4.78 is 5.29. The highest BCUT2D eigenvalue weighted by molar-refractivity contribution is 5.85. The summed E-state index contributed by atoms with van der Waals surface area (Å²) in [4.78, 5) is 25.9. The molecular weight excluding hydrogens is 344 g/mol. The van der Waals surface area contributed by atoms with Gasteiger partial charge in [-0.25, -0.2) is 4.79 Å². The van der Waals surface area contributed by atoms with Crippen molar-refractivity contribution in [3.63, 3.8) is 0 Å². The van der Waals surface area contributed by atoms with E-state index in [0.29, 0.717) is 19.5 Å². The summed E-state index contributed by atoms with van der Waals surface area (Å²) in [6.07, 6.45) is 0.225. The van der Waals surface area contributed by atoms with Gasteiger partial charge in [-0.2, -0.15) is 0 Å². The molecule has 2 aromatic carbocycles. The number of nitrogens with one attached hydrogen (secondary N) is 1. The number of hydrogen-bond donors (Lipinski definition) is 2. The van der Waals surface area contributed by atoms with E-state index in [1.807, 2.05) is 68.1 Å². The maximum absolute atomic E-state index is 12.0. The minimum absolute atomic E-state index is 0.123. The number of rotatable bonds is 4. The van der Waals surface area contributed by atoms with Crippen molar-refractivity contribution in [2.24, 2.45) is 0 Å². The minimum Gasteiger partial charge on any atom is -0.480 e. The lowest BCUT2D eigenvalue weighted by Crippen LogP contribution is -2.41. The summed E-state index contributed by atoms with van der Waals surface area (Å²) in [5, 5.41) is 14.8. The maximum Gasteiger partial charge on any atom is 0.407 e. The summed E-state index contributed by atoms with van der Waals surface area (Å²) >= 11 is 0. The van der Waals surface area contributed by atoms with E-state index in [1.165, 1.54) is 0 Å². The van der Waals surface area contributed by atoms with E-state index in [2.05, 4.69) is 5.32 Å². The normalized spacial score (nSPS) is 19.0. The molecule has 1 aliphatic rings. The Bertz CT molecular complexity index is 843. The number of ether oxygens (including phenoxy) is 1. The van der Waals surface area contributed by atoms with E-state index in [1.54, 1.807) is 0 Å². The molecule has 2 atom stereocenters. The molecule has 6 nitrogen and oxygen atoms in total. The first-order valence-corrected chi connectivity index (χ1v) is 9.18. The second-order valence-electron chi connectivity index (χ2n) is 7.97. The first-order chi connectivity index (χ1) is 12.7. The zero-order valence-electron chi connectivity index (χ0n) is 15.9. The predicted octanol–water partition coefficient (Wildman–Crippen LogP) is 3.56. The Kier molecular flexibility index (Phi) is 5.37. The molecule has 0 unspecified atom stereocenters. The standard InChI is InChI=1S/C21H26N2O4/c1-21(2,3)27-20(26)22-17-10-11-23(13-17)18(19(24)25)16-9-8-14-6-4-5-7-15(14)12-16/h4-9,12,17-18H,10-11,13H2,1-3H3,(H,22,26)(H,24,25)/t17-,18+/m1/s1. The molecule has 2 aromatic rings. The Hall–Kier alpha value is -2.60. The smallest absolute Gasteiger partial charge is 0.407 e. The van der Waals surface area contributed by atoms with Crippen LogP contribution in [0.2, 0.25) is 0 Å². The molecule has 27 heavy (non-hydrogen) atoms. The molecule has 0 aromatic heterocycles. The largest absolute Gasteiger partial charge is 0.480 e. The molecular formula is C21H26N2O4. The zero-order valence-corrected chi connectivity index (χ0v) is 15.9. The van der Waals surface area contributed by atoms with Crippen LogP contribution in [0.3, 0.4) is 0 Å². The molecule has 1 heterocycles. The van der Waals surface area contributed by atoms with Crippen molar-refractivity contribution in [1.29, 1.82) is 0 Å². The molecule has 144 valence electrons. The summed E-state index contributed by atoms with van der Waals surface area (Å²) in [6.45, 7) is 6.52. The number of carboxylic acid groups (broad SMARTS) is 1. The molecule has 1 aliphatic heterocycles. The van der Waals surface area contributed by atoms with Crippen LogP contribution in [0.5, 0.6) is 0 Å². The predicted molar refractivity (Wildman–Crippen MR) is 104 cm³/mol. The third-order valence-corrected chi connectivity index (χ3v) is 4.63. The van der Waals surface area contributed by atoms with E-state index in [-0.39, 0.29) is 6.04 Å². The average Bonchev–Trinajstić information content (AvgIpc) is 3.00. The van der Waals surface area contributed by atoms with Crippen molar-refractivity contribution >= 4 is 22.8 Å². The van der Waals surface area contributed by atoms with E-state index in [0.717, 1.165) is 16.3 Å². The average molecular weight is 370 g/mol. The van der Waals surface area contributed by atoms with Gasteiger partial charge in [0.1, 0.15) is 11.6 Å². The number of hydrogen-bond acceptors (Lipinski definition) is 4. The van der Waals surface area contributed by atoms with Gasteiger partial charge < -0.3 is 15.2 Å².